The maximum Gasteiger partial charge on any atom is 0.264 e. The third-order valence-corrected chi connectivity index (χ3v) is 9.74. The van der Waals surface area contributed by atoms with Crippen LogP contribution in [0.1, 0.15) is 50.7 Å². The van der Waals surface area contributed by atoms with E-state index < -0.39 is 28.5 Å². The minimum atomic E-state index is -4.15. The van der Waals surface area contributed by atoms with Gasteiger partial charge < -0.3 is 15.0 Å². The zero-order chi connectivity index (χ0) is 30.3. The Balaban J connectivity index is 1.69. The van der Waals surface area contributed by atoms with Gasteiger partial charge in [-0.15, -0.1) is 0 Å². The Labute approximate surface area is 257 Å². The van der Waals surface area contributed by atoms with Crippen LogP contribution < -0.4 is 14.4 Å². The molecular weight excluding hydrogens is 618 g/mol. The topological polar surface area (TPSA) is 96.0 Å². The summed E-state index contributed by atoms with van der Waals surface area (Å²) in [6.07, 6.45) is 3.97. The zero-order valence-corrected chi connectivity index (χ0v) is 26.7. The van der Waals surface area contributed by atoms with Crippen molar-refractivity contribution in [3.8, 4) is 5.75 Å². The molecule has 0 spiro atoms. The predicted molar refractivity (Wildman–Crippen MR) is 168 cm³/mol. The van der Waals surface area contributed by atoms with Crippen LogP contribution in [0.3, 0.4) is 0 Å². The number of ether oxygens (including phenoxy) is 1. The molecule has 224 valence electrons. The van der Waals surface area contributed by atoms with Crippen molar-refractivity contribution >= 4 is 43.5 Å². The summed E-state index contributed by atoms with van der Waals surface area (Å²) >= 11 is 3.35. The fourth-order valence-corrected chi connectivity index (χ4v) is 6.80. The van der Waals surface area contributed by atoms with Crippen LogP contribution in [0.5, 0.6) is 5.75 Å². The van der Waals surface area contributed by atoms with Crippen molar-refractivity contribution in [3.05, 3.63) is 88.4 Å². The molecule has 3 aromatic carbocycles. The van der Waals surface area contributed by atoms with Crippen molar-refractivity contribution in [2.45, 2.75) is 70.0 Å². The molecule has 1 fully saturated rings. The minimum absolute atomic E-state index is 0.0460. The minimum Gasteiger partial charge on any atom is -0.494 e. The summed E-state index contributed by atoms with van der Waals surface area (Å²) in [7, 11) is -4.15. The van der Waals surface area contributed by atoms with Crippen LogP contribution in [-0.2, 0) is 26.2 Å². The molecule has 0 aromatic heterocycles. The number of nitrogens with one attached hydrogen (secondary N) is 1. The second kappa shape index (κ2) is 14.2. The SMILES string of the molecule is CCOc1ccc(N(CC(=O)N(Cc2cccc(C)c2)[C@H](C)C(=O)NC2CCCC2)S(=O)(=O)c2ccc(Br)cc2)cc1. The van der Waals surface area contributed by atoms with Crippen molar-refractivity contribution < 1.29 is 22.7 Å². The molecule has 2 amide bonds. The lowest BCUT2D eigenvalue weighted by molar-refractivity contribution is -0.139. The second-order valence-corrected chi connectivity index (χ2v) is 13.3. The standard InChI is InChI=1S/C32H38BrN3O5S/c1-4-41-29-16-14-28(15-17-29)36(42(39,40)30-18-12-26(33)13-19-30)22-31(37)35(21-25-9-7-8-23(2)20-25)24(3)32(38)34-27-10-5-6-11-27/h7-9,12-20,24,27H,4-6,10-11,21-22H2,1-3H3,(H,34,38)/t24-/m1/s1. The van der Waals surface area contributed by atoms with Crippen LogP contribution in [0.2, 0.25) is 0 Å². The summed E-state index contributed by atoms with van der Waals surface area (Å²) in [6, 6.07) is 19.9. The Kier molecular flexibility index (Phi) is 10.7. The summed E-state index contributed by atoms with van der Waals surface area (Å²) in [5.41, 5.74) is 2.19. The highest BCUT2D eigenvalue weighted by Crippen LogP contribution is 2.28. The van der Waals surface area contributed by atoms with Gasteiger partial charge in [0, 0.05) is 17.1 Å². The monoisotopic (exact) mass is 655 g/mol. The molecule has 1 saturated carbocycles. The number of anilines is 1. The van der Waals surface area contributed by atoms with Gasteiger partial charge in [0.1, 0.15) is 18.3 Å². The zero-order valence-electron chi connectivity index (χ0n) is 24.3. The number of amides is 2. The molecule has 1 N–H and O–H groups in total. The molecule has 0 unspecified atom stereocenters. The second-order valence-electron chi connectivity index (χ2n) is 10.6. The molecule has 1 aliphatic rings. The van der Waals surface area contributed by atoms with E-state index in [0.717, 1.165) is 45.6 Å². The number of rotatable bonds is 12. The Morgan fingerprint density at radius 3 is 2.31 bits per heavy atom. The van der Waals surface area contributed by atoms with Crippen LogP contribution in [-0.4, -0.2) is 50.4 Å². The fraction of sp³-hybridized carbons (Fsp3) is 0.375. The van der Waals surface area contributed by atoms with Gasteiger partial charge in [0.25, 0.3) is 10.0 Å². The number of hydrogen-bond acceptors (Lipinski definition) is 5. The molecule has 0 saturated heterocycles. The van der Waals surface area contributed by atoms with Gasteiger partial charge in [-0.25, -0.2) is 8.42 Å². The van der Waals surface area contributed by atoms with E-state index in [9.17, 15) is 18.0 Å². The Morgan fingerprint density at radius 1 is 1.02 bits per heavy atom. The quantitative estimate of drug-likeness (QED) is 0.265. The van der Waals surface area contributed by atoms with Gasteiger partial charge in [0.15, 0.2) is 0 Å². The number of aryl methyl sites for hydroxylation is 1. The third kappa shape index (κ3) is 7.92. The van der Waals surface area contributed by atoms with Gasteiger partial charge in [0.05, 0.1) is 17.2 Å². The van der Waals surface area contributed by atoms with Crippen LogP contribution in [0.15, 0.2) is 82.2 Å². The summed E-state index contributed by atoms with van der Waals surface area (Å²) in [5.74, 6) is -0.140. The fourth-order valence-electron chi connectivity index (χ4n) is 5.12. The first kappa shape index (κ1) is 31.6. The van der Waals surface area contributed by atoms with E-state index in [4.69, 9.17) is 4.74 Å². The summed E-state index contributed by atoms with van der Waals surface area (Å²) < 4.78 is 35.3. The lowest BCUT2D eigenvalue weighted by atomic mass is 10.1. The molecule has 42 heavy (non-hydrogen) atoms. The molecule has 1 aliphatic carbocycles. The molecule has 4 rings (SSSR count). The smallest absolute Gasteiger partial charge is 0.264 e. The lowest BCUT2D eigenvalue weighted by Gasteiger charge is -2.32. The first-order valence-corrected chi connectivity index (χ1v) is 16.5. The van der Waals surface area contributed by atoms with Crippen molar-refractivity contribution in [3.63, 3.8) is 0 Å². The van der Waals surface area contributed by atoms with E-state index in [-0.39, 0.29) is 23.4 Å². The van der Waals surface area contributed by atoms with E-state index in [2.05, 4.69) is 21.2 Å². The number of benzene rings is 3. The first-order chi connectivity index (χ1) is 20.1. The molecule has 10 heteroatoms. The van der Waals surface area contributed by atoms with E-state index >= 15 is 0 Å². The van der Waals surface area contributed by atoms with Gasteiger partial charge in [-0.2, -0.15) is 0 Å². The number of sulfonamides is 1. The lowest BCUT2D eigenvalue weighted by Crippen LogP contribution is -2.52. The summed E-state index contributed by atoms with van der Waals surface area (Å²) in [4.78, 5) is 29.0. The van der Waals surface area contributed by atoms with Gasteiger partial charge in [0.2, 0.25) is 11.8 Å². The summed E-state index contributed by atoms with van der Waals surface area (Å²) in [6.45, 7) is 5.67. The molecule has 0 bridgehead atoms. The molecule has 0 radical (unpaired) electrons. The first-order valence-electron chi connectivity index (χ1n) is 14.2. The molecule has 1 atom stereocenters. The highest BCUT2D eigenvalue weighted by atomic mass is 79.9. The average Bonchev–Trinajstić information content (AvgIpc) is 3.48. The van der Waals surface area contributed by atoms with Crippen LogP contribution in [0.4, 0.5) is 5.69 Å². The van der Waals surface area contributed by atoms with E-state index in [0.29, 0.717) is 18.0 Å². The van der Waals surface area contributed by atoms with Gasteiger partial charge in [-0.3, -0.25) is 13.9 Å². The molecule has 0 aliphatic heterocycles. The van der Waals surface area contributed by atoms with Gasteiger partial charge >= 0.3 is 0 Å². The maximum atomic E-state index is 14.1. The van der Waals surface area contributed by atoms with E-state index in [1.807, 2.05) is 38.1 Å². The molecular formula is C32H38BrN3O5S. The van der Waals surface area contributed by atoms with Crippen LogP contribution in [0, 0.1) is 6.92 Å². The molecule has 3 aromatic rings. The Bertz CT molecular complexity index is 1470. The van der Waals surface area contributed by atoms with Crippen molar-refractivity contribution in [2.24, 2.45) is 0 Å². The van der Waals surface area contributed by atoms with E-state index in [1.165, 1.54) is 17.0 Å². The van der Waals surface area contributed by atoms with Crippen molar-refractivity contribution in [1.82, 2.24) is 10.2 Å². The average molecular weight is 657 g/mol. The van der Waals surface area contributed by atoms with Crippen molar-refractivity contribution in [1.29, 1.82) is 0 Å². The third-order valence-electron chi connectivity index (χ3n) is 7.42. The maximum absolute atomic E-state index is 14.1. The number of hydrogen-bond donors (Lipinski definition) is 1. The Morgan fingerprint density at radius 2 is 1.69 bits per heavy atom. The molecule has 8 nitrogen and oxygen atoms in total. The molecule has 0 heterocycles. The van der Waals surface area contributed by atoms with Gasteiger partial charge in [-0.05, 0) is 87.7 Å². The van der Waals surface area contributed by atoms with Crippen LogP contribution >= 0.6 is 15.9 Å². The largest absolute Gasteiger partial charge is 0.494 e. The number of nitrogens with zero attached hydrogens (tertiary/aromatic N) is 2. The van der Waals surface area contributed by atoms with Gasteiger partial charge in [-0.1, -0.05) is 58.6 Å². The summed E-state index contributed by atoms with van der Waals surface area (Å²) in [5, 5.41) is 3.09. The van der Waals surface area contributed by atoms with Crippen molar-refractivity contribution in [2.75, 3.05) is 17.5 Å². The highest BCUT2D eigenvalue weighted by Gasteiger charge is 2.33. The predicted octanol–water partition coefficient (Wildman–Crippen LogP) is 5.83. The van der Waals surface area contributed by atoms with Crippen LogP contribution in [0.25, 0.3) is 0 Å². The number of carbonyl (C=O) groups is 2. The Hall–Kier alpha value is -3.37. The normalized spacial score (nSPS) is 14.3. The number of halogens is 1. The number of carbonyl (C=O) groups excluding carboxylic acids is 2. The highest BCUT2D eigenvalue weighted by molar-refractivity contribution is 9.10. The van der Waals surface area contributed by atoms with E-state index in [1.54, 1.807) is 43.3 Å².